The number of rotatable bonds is 5. The second-order valence-electron chi connectivity index (χ2n) is 8.07. The summed E-state index contributed by atoms with van der Waals surface area (Å²) in [4.78, 5) is 15.6. The number of ether oxygens (including phenoxy) is 1. The maximum Gasteiger partial charge on any atom is 0.212 e. The largest absolute Gasteiger partial charge is 0.481 e. The zero-order valence-corrected chi connectivity index (χ0v) is 18.4. The lowest BCUT2D eigenvalue weighted by atomic mass is 10.1. The van der Waals surface area contributed by atoms with Crippen molar-refractivity contribution in [2.75, 3.05) is 18.6 Å². The summed E-state index contributed by atoms with van der Waals surface area (Å²) in [5, 5.41) is 8.95. The molecule has 34 heavy (non-hydrogen) atoms. The van der Waals surface area contributed by atoms with Gasteiger partial charge in [0, 0.05) is 48.5 Å². The van der Waals surface area contributed by atoms with Crippen molar-refractivity contribution >= 4 is 11.5 Å². The summed E-state index contributed by atoms with van der Waals surface area (Å²) >= 11 is 0. The maximum atomic E-state index is 14.5. The van der Waals surface area contributed by atoms with Gasteiger partial charge in [-0.25, -0.2) is 23.6 Å². The number of hydrogen-bond donors (Lipinski definition) is 0. The molecule has 0 spiro atoms. The van der Waals surface area contributed by atoms with E-state index in [2.05, 4.69) is 25.1 Å². The Morgan fingerprint density at radius 1 is 1.03 bits per heavy atom. The van der Waals surface area contributed by atoms with Gasteiger partial charge in [0.05, 0.1) is 31.2 Å². The van der Waals surface area contributed by atoms with Crippen molar-refractivity contribution in [3.63, 3.8) is 0 Å². The second kappa shape index (κ2) is 8.22. The number of hydrogen-bond acceptors (Lipinski definition) is 7. The molecule has 1 saturated heterocycles. The zero-order valence-electron chi connectivity index (χ0n) is 18.4. The van der Waals surface area contributed by atoms with E-state index in [0.29, 0.717) is 17.2 Å². The Hall–Kier alpha value is -4.34. The fourth-order valence-electron chi connectivity index (χ4n) is 4.41. The molecule has 6 heterocycles. The minimum Gasteiger partial charge on any atom is -0.481 e. The van der Waals surface area contributed by atoms with Crippen LogP contribution in [-0.4, -0.2) is 48.0 Å². The van der Waals surface area contributed by atoms with E-state index in [1.807, 2.05) is 30.6 Å². The summed E-state index contributed by atoms with van der Waals surface area (Å²) in [5.41, 5.74) is 3.70. The predicted octanol–water partition coefficient (Wildman–Crippen LogP) is 3.86. The van der Waals surface area contributed by atoms with E-state index in [-0.39, 0.29) is 11.9 Å². The molecule has 0 N–H and O–H groups in total. The lowest BCUT2D eigenvalue weighted by Gasteiger charge is -2.25. The van der Waals surface area contributed by atoms with Gasteiger partial charge in [-0.3, -0.25) is 4.98 Å². The molecule has 0 aromatic carbocycles. The molecule has 170 valence electrons. The zero-order chi connectivity index (χ0) is 23.1. The van der Waals surface area contributed by atoms with Crippen LogP contribution in [0.4, 0.5) is 10.2 Å². The Morgan fingerprint density at radius 3 is 2.79 bits per heavy atom. The highest BCUT2D eigenvalue weighted by molar-refractivity contribution is 5.65. The van der Waals surface area contributed by atoms with Crippen LogP contribution in [-0.2, 0) is 0 Å². The lowest BCUT2D eigenvalue weighted by Crippen LogP contribution is -2.25. The van der Waals surface area contributed by atoms with Gasteiger partial charge in [-0.1, -0.05) is 0 Å². The number of aromatic nitrogens is 7. The highest BCUT2D eigenvalue weighted by atomic mass is 19.1. The van der Waals surface area contributed by atoms with Gasteiger partial charge in [-0.2, -0.15) is 10.2 Å². The maximum absolute atomic E-state index is 14.5. The summed E-state index contributed by atoms with van der Waals surface area (Å²) in [6.07, 6.45) is 12.4. The molecule has 1 aliphatic rings. The van der Waals surface area contributed by atoms with Crippen molar-refractivity contribution in [3.8, 4) is 22.7 Å². The fraction of sp³-hybridized carbons (Fsp3) is 0.208. The first-order valence-corrected chi connectivity index (χ1v) is 11.0. The van der Waals surface area contributed by atoms with E-state index in [9.17, 15) is 4.39 Å². The summed E-state index contributed by atoms with van der Waals surface area (Å²) < 4.78 is 23.0. The smallest absolute Gasteiger partial charge is 0.212 e. The molecule has 1 atom stereocenters. The normalized spacial score (nSPS) is 15.8. The molecule has 0 radical (unpaired) electrons. The average molecular weight is 456 g/mol. The quantitative estimate of drug-likeness (QED) is 0.397. The molecule has 10 heteroatoms. The van der Waals surface area contributed by atoms with Crippen LogP contribution < -0.4 is 9.64 Å². The fourth-order valence-corrected chi connectivity index (χ4v) is 4.41. The molecule has 9 nitrogen and oxygen atoms in total. The van der Waals surface area contributed by atoms with Crippen molar-refractivity contribution in [2.24, 2.45) is 0 Å². The van der Waals surface area contributed by atoms with Crippen LogP contribution in [0.2, 0.25) is 0 Å². The van der Waals surface area contributed by atoms with E-state index in [0.717, 1.165) is 42.0 Å². The van der Waals surface area contributed by atoms with Crippen LogP contribution in [0.5, 0.6) is 5.88 Å². The van der Waals surface area contributed by atoms with Crippen molar-refractivity contribution < 1.29 is 9.13 Å². The Bertz CT molecular complexity index is 1460. The highest BCUT2D eigenvalue weighted by Crippen LogP contribution is 2.35. The molecule has 5 aromatic heterocycles. The van der Waals surface area contributed by atoms with Gasteiger partial charge in [0.25, 0.3) is 0 Å². The molecular weight excluding hydrogens is 435 g/mol. The van der Waals surface area contributed by atoms with Crippen molar-refractivity contribution in [1.29, 1.82) is 0 Å². The lowest BCUT2D eigenvalue weighted by molar-refractivity contribution is 0.398. The first-order chi connectivity index (χ1) is 16.7. The monoisotopic (exact) mass is 456 g/mol. The van der Waals surface area contributed by atoms with E-state index in [4.69, 9.17) is 9.72 Å². The molecule has 6 rings (SSSR count). The summed E-state index contributed by atoms with van der Waals surface area (Å²) in [6.45, 7) is 0.781. The number of nitrogens with zero attached hydrogens (tertiary/aromatic N) is 8. The van der Waals surface area contributed by atoms with Crippen LogP contribution in [0, 0.1) is 5.82 Å². The molecule has 1 aliphatic heterocycles. The summed E-state index contributed by atoms with van der Waals surface area (Å²) in [5.74, 6) is 1.03. The van der Waals surface area contributed by atoms with Gasteiger partial charge in [0.1, 0.15) is 17.3 Å². The Balaban J connectivity index is 1.35. The first-order valence-electron chi connectivity index (χ1n) is 11.0. The molecule has 1 unspecified atom stereocenters. The van der Waals surface area contributed by atoms with Gasteiger partial charge >= 0.3 is 0 Å². The standard InChI is InChI=1S/C24H21FN8O/c1-34-22-7-6-16(12-27-22)17-13-28-33(15-17)20-14-29-32-11-8-21(30-24(20)32)31-10-3-5-19(31)23-18(25)4-2-9-26-23/h2,4,6-9,11-15,19H,3,5,10H2,1H3. The Labute approximate surface area is 194 Å². The third-order valence-corrected chi connectivity index (χ3v) is 6.09. The second-order valence-corrected chi connectivity index (χ2v) is 8.07. The molecule has 0 bridgehead atoms. The highest BCUT2D eigenvalue weighted by Gasteiger charge is 2.30. The van der Waals surface area contributed by atoms with Crippen molar-refractivity contribution in [3.05, 3.63) is 79.0 Å². The van der Waals surface area contributed by atoms with E-state index < -0.39 is 0 Å². The molecule has 0 saturated carbocycles. The van der Waals surface area contributed by atoms with Crippen molar-refractivity contribution in [1.82, 2.24) is 34.3 Å². The van der Waals surface area contributed by atoms with Crippen LogP contribution >= 0.6 is 0 Å². The molecule has 0 amide bonds. The molecular formula is C24H21FN8O. The van der Waals surface area contributed by atoms with Gasteiger partial charge in [0.15, 0.2) is 5.65 Å². The van der Waals surface area contributed by atoms with E-state index in [1.54, 1.807) is 47.2 Å². The van der Waals surface area contributed by atoms with Crippen LogP contribution in [0.15, 0.2) is 67.5 Å². The Morgan fingerprint density at radius 2 is 1.97 bits per heavy atom. The van der Waals surface area contributed by atoms with Crippen LogP contribution in [0.3, 0.4) is 0 Å². The minimum absolute atomic E-state index is 0.151. The van der Waals surface area contributed by atoms with E-state index >= 15 is 0 Å². The third-order valence-electron chi connectivity index (χ3n) is 6.09. The number of halogens is 1. The molecule has 1 fully saturated rings. The van der Waals surface area contributed by atoms with Gasteiger partial charge in [-0.05, 0) is 37.1 Å². The number of pyridine rings is 2. The summed E-state index contributed by atoms with van der Waals surface area (Å²) in [6, 6.07) is 8.57. The van der Waals surface area contributed by atoms with Gasteiger partial charge in [0.2, 0.25) is 5.88 Å². The van der Waals surface area contributed by atoms with E-state index in [1.165, 1.54) is 6.07 Å². The number of anilines is 1. The minimum atomic E-state index is -0.289. The van der Waals surface area contributed by atoms with Crippen molar-refractivity contribution in [2.45, 2.75) is 18.9 Å². The number of fused-ring (bicyclic) bond motifs is 1. The van der Waals surface area contributed by atoms with Gasteiger partial charge < -0.3 is 9.64 Å². The third kappa shape index (κ3) is 3.43. The van der Waals surface area contributed by atoms with Crippen LogP contribution in [0.25, 0.3) is 22.5 Å². The van der Waals surface area contributed by atoms with Crippen LogP contribution in [0.1, 0.15) is 24.6 Å². The molecule has 0 aliphatic carbocycles. The SMILES string of the molecule is COc1ccc(-c2cnn(-c3cnn4ccc(N5CCCC5c5ncccc5F)nc34)c2)cn1. The average Bonchev–Trinajstić information content (AvgIpc) is 3.63. The topological polar surface area (TPSA) is 86.3 Å². The van der Waals surface area contributed by atoms with Gasteiger partial charge in [-0.15, -0.1) is 0 Å². The first kappa shape index (κ1) is 20.3. The number of methoxy groups -OCH3 is 1. The Kier molecular flexibility index (Phi) is 4.90. The summed E-state index contributed by atoms with van der Waals surface area (Å²) in [7, 11) is 1.59. The molecule has 5 aromatic rings. The predicted molar refractivity (Wildman–Crippen MR) is 123 cm³/mol.